The smallest absolute Gasteiger partial charge is 0.257 e. The van der Waals surface area contributed by atoms with Crippen molar-refractivity contribution < 1.29 is 9.59 Å². The number of carbonyl (C=O) groups is 2. The van der Waals surface area contributed by atoms with Gasteiger partial charge in [-0.15, -0.1) is 11.3 Å². The summed E-state index contributed by atoms with van der Waals surface area (Å²) in [5, 5.41) is 8.25. The molecular formula is C20H26N4O2S. The Morgan fingerprint density at radius 2 is 2.22 bits per heavy atom. The lowest BCUT2D eigenvalue weighted by molar-refractivity contribution is -0.119. The minimum Gasteiger partial charge on any atom is -0.352 e. The summed E-state index contributed by atoms with van der Waals surface area (Å²) >= 11 is 1.45. The second-order valence-electron chi connectivity index (χ2n) is 7.19. The first-order valence-electron chi connectivity index (χ1n) is 9.31. The zero-order chi connectivity index (χ0) is 19.2. The minimum atomic E-state index is -0.188. The number of aromatic nitrogens is 1. The van der Waals surface area contributed by atoms with Gasteiger partial charge in [0.1, 0.15) is 0 Å². The van der Waals surface area contributed by atoms with Gasteiger partial charge in [0.05, 0.1) is 5.69 Å². The predicted octanol–water partition coefficient (Wildman–Crippen LogP) is 3.26. The number of hydrogen-bond donors (Lipinski definition) is 2. The molecule has 1 aromatic carbocycles. The summed E-state index contributed by atoms with van der Waals surface area (Å²) in [7, 11) is 0. The fourth-order valence-electron chi connectivity index (χ4n) is 3.31. The number of anilines is 1. The molecule has 0 bridgehead atoms. The fourth-order valence-corrected chi connectivity index (χ4v) is 4.01. The number of nitrogens with zero attached hydrogens (tertiary/aromatic N) is 2. The van der Waals surface area contributed by atoms with E-state index in [1.165, 1.54) is 31.1 Å². The summed E-state index contributed by atoms with van der Waals surface area (Å²) < 4.78 is 0. The van der Waals surface area contributed by atoms with Crippen LogP contribution in [0.15, 0.2) is 29.6 Å². The van der Waals surface area contributed by atoms with Crippen molar-refractivity contribution in [3.05, 3.63) is 46.5 Å². The van der Waals surface area contributed by atoms with E-state index in [4.69, 9.17) is 0 Å². The maximum absolute atomic E-state index is 12.5. The van der Waals surface area contributed by atoms with Crippen LogP contribution in [-0.4, -0.2) is 34.8 Å². The molecule has 1 unspecified atom stereocenters. The molecule has 7 heteroatoms. The lowest BCUT2D eigenvalue weighted by Gasteiger charge is -2.30. The first-order valence-corrected chi connectivity index (χ1v) is 10.2. The van der Waals surface area contributed by atoms with Gasteiger partial charge in [0, 0.05) is 37.5 Å². The van der Waals surface area contributed by atoms with Crippen molar-refractivity contribution in [2.75, 3.05) is 18.4 Å². The molecule has 1 fully saturated rings. The van der Waals surface area contributed by atoms with Crippen LogP contribution in [0.25, 0.3) is 0 Å². The van der Waals surface area contributed by atoms with Crippen molar-refractivity contribution in [2.24, 2.45) is 5.92 Å². The molecule has 2 N–H and O–H groups in total. The summed E-state index contributed by atoms with van der Waals surface area (Å²) in [5.74, 6) is 0.455. The van der Waals surface area contributed by atoms with Crippen LogP contribution in [0.1, 0.15) is 48.3 Å². The van der Waals surface area contributed by atoms with Gasteiger partial charge in [0.25, 0.3) is 5.91 Å². The topological polar surface area (TPSA) is 74.3 Å². The number of hydrogen-bond acceptors (Lipinski definition) is 5. The Morgan fingerprint density at radius 1 is 1.37 bits per heavy atom. The van der Waals surface area contributed by atoms with Gasteiger partial charge in [-0.2, -0.15) is 0 Å². The molecule has 1 aliphatic rings. The van der Waals surface area contributed by atoms with Crippen LogP contribution in [0, 0.1) is 5.92 Å². The zero-order valence-electron chi connectivity index (χ0n) is 15.8. The molecule has 3 rings (SSSR count). The summed E-state index contributed by atoms with van der Waals surface area (Å²) in [5.41, 5.74) is 2.44. The van der Waals surface area contributed by atoms with Gasteiger partial charge >= 0.3 is 0 Å². The number of carbonyl (C=O) groups excluding carboxylic acids is 2. The Bertz CT molecular complexity index is 805. The quantitative estimate of drug-likeness (QED) is 0.799. The van der Waals surface area contributed by atoms with E-state index in [1.54, 1.807) is 12.1 Å². The highest BCUT2D eigenvalue weighted by Gasteiger charge is 2.17. The van der Waals surface area contributed by atoms with E-state index in [1.807, 2.05) is 17.5 Å². The van der Waals surface area contributed by atoms with Crippen molar-refractivity contribution in [1.82, 2.24) is 15.2 Å². The lowest BCUT2D eigenvalue weighted by Crippen LogP contribution is -2.33. The Morgan fingerprint density at radius 3 is 3.00 bits per heavy atom. The number of benzene rings is 1. The number of nitrogens with one attached hydrogen (secondary N) is 2. The van der Waals surface area contributed by atoms with Gasteiger partial charge in [-0.25, -0.2) is 4.98 Å². The third-order valence-corrected chi connectivity index (χ3v) is 5.44. The predicted molar refractivity (Wildman–Crippen MR) is 108 cm³/mol. The maximum atomic E-state index is 12.5. The van der Waals surface area contributed by atoms with Crippen molar-refractivity contribution in [2.45, 2.75) is 39.8 Å². The van der Waals surface area contributed by atoms with Gasteiger partial charge < -0.3 is 5.32 Å². The van der Waals surface area contributed by atoms with Crippen molar-refractivity contribution in [1.29, 1.82) is 0 Å². The largest absolute Gasteiger partial charge is 0.352 e. The van der Waals surface area contributed by atoms with Crippen molar-refractivity contribution >= 4 is 28.3 Å². The van der Waals surface area contributed by atoms with Crippen LogP contribution in [0.5, 0.6) is 0 Å². The molecule has 0 saturated carbocycles. The third kappa shape index (κ3) is 5.87. The second kappa shape index (κ2) is 9.10. The van der Waals surface area contributed by atoms with Crippen LogP contribution in [0.2, 0.25) is 0 Å². The van der Waals surface area contributed by atoms with Gasteiger partial charge in [-0.05, 0) is 43.0 Å². The summed E-state index contributed by atoms with van der Waals surface area (Å²) in [4.78, 5) is 30.5. The van der Waals surface area contributed by atoms with Crippen LogP contribution in [0.3, 0.4) is 0 Å². The molecule has 2 heterocycles. The van der Waals surface area contributed by atoms with Crippen LogP contribution < -0.4 is 10.6 Å². The highest BCUT2D eigenvalue weighted by molar-refractivity contribution is 7.13. The average Bonchev–Trinajstić information content (AvgIpc) is 3.07. The average molecular weight is 387 g/mol. The number of amides is 2. The van der Waals surface area contributed by atoms with Crippen LogP contribution in [-0.2, 0) is 17.9 Å². The summed E-state index contributed by atoms with van der Waals surface area (Å²) in [6.07, 6.45) is 2.54. The Balaban J connectivity index is 1.57. The van der Waals surface area contributed by atoms with Gasteiger partial charge in [-0.1, -0.05) is 19.1 Å². The number of thiazole rings is 1. The number of likely N-dealkylation sites (tertiary alicyclic amines) is 1. The number of piperidine rings is 1. The first-order chi connectivity index (χ1) is 13.0. The molecule has 2 amide bonds. The zero-order valence-corrected chi connectivity index (χ0v) is 16.6. The van der Waals surface area contributed by atoms with E-state index in [0.29, 0.717) is 17.2 Å². The molecule has 0 aliphatic carbocycles. The molecule has 144 valence electrons. The van der Waals surface area contributed by atoms with E-state index >= 15 is 0 Å². The highest BCUT2D eigenvalue weighted by Crippen LogP contribution is 2.21. The van der Waals surface area contributed by atoms with Crippen LogP contribution in [0.4, 0.5) is 5.13 Å². The lowest BCUT2D eigenvalue weighted by atomic mass is 10.0. The molecule has 1 saturated heterocycles. The molecule has 27 heavy (non-hydrogen) atoms. The normalized spacial score (nSPS) is 17.5. The molecule has 1 atom stereocenters. The molecule has 0 spiro atoms. The molecular weight excluding hydrogens is 360 g/mol. The highest BCUT2D eigenvalue weighted by atomic mass is 32.1. The van der Waals surface area contributed by atoms with E-state index in [0.717, 1.165) is 36.8 Å². The minimum absolute atomic E-state index is 0.0942. The van der Waals surface area contributed by atoms with E-state index in [-0.39, 0.29) is 11.8 Å². The first kappa shape index (κ1) is 19.5. The Hall–Kier alpha value is -2.25. The fraction of sp³-hybridized carbons (Fsp3) is 0.450. The molecule has 2 aromatic rings. The van der Waals surface area contributed by atoms with Gasteiger partial charge in [0.15, 0.2) is 5.13 Å². The number of rotatable bonds is 6. The van der Waals surface area contributed by atoms with Gasteiger partial charge in [0.2, 0.25) is 5.91 Å². The SMILES string of the molecule is CC(=O)NCc1cccc(C(=O)Nc2nc(CN3CCCC(C)C3)cs2)c1. The second-order valence-corrected chi connectivity index (χ2v) is 8.05. The van der Waals surface area contributed by atoms with E-state index < -0.39 is 0 Å². The maximum Gasteiger partial charge on any atom is 0.257 e. The van der Waals surface area contributed by atoms with Gasteiger partial charge in [-0.3, -0.25) is 19.8 Å². The molecule has 1 aliphatic heterocycles. The molecule has 0 radical (unpaired) electrons. The monoisotopic (exact) mass is 386 g/mol. The van der Waals surface area contributed by atoms with Crippen molar-refractivity contribution in [3.8, 4) is 0 Å². The van der Waals surface area contributed by atoms with Crippen molar-refractivity contribution in [3.63, 3.8) is 0 Å². The standard InChI is InChI=1S/C20H26N4O2S/c1-14-5-4-8-24(11-14)12-18-13-27-20(22-18)23-19(26)17-7-3-6-16(9-17)10-21-15(2)25/h3,6-7,9,13-14H,4-5,8,10-12H2,1-2H3,(H,21,25)(H,22,23,26). The molecule has 6 nitrogen and oxygen atoms in total. The summed E-state index contributed by atoms with van der Waals surface area (Å²) in [6.45, 7) is 7.24. The summed E-state index contributed by atoms with van der Waals surface area (Å²) in [6, 6.07) is 7.25. The Labute approximate surface area is 164 Å². The Kier molecular flexibility index (Phi) is 6.58. The van der Waals surface area contributed by atoms with Crippen LogP contribution >= 0.6 is 11.3 Å². The molecule has 1 aromatic heterocycles. The third-order valence-electron chi connectivity index (χ3n) is 4.63. The van der Waals surface area contributed by atoms with E-state index in [9.17, 15) is 9.59 Å². The van der Waals surface area contributed by atoms with E-state index in [2.05, 4.69) is 27.4 Å².